The Bertz CT molecular complexity index is 477. The minimum atomic E-state index is 0.518. The molecular formula is C13H10BN. The second kappa shape index (κ2) is 4.14. The molecule has 15 heavy (non-hydrogen) atoms. The highest BCUT2D eigenvalue weighted by atomic mass is 14.7. The van der Waals surface area contributed by atoms with Crippen molar-refractivity contribution in [3.05, 3.63) is 66.4 Å². The predicted molar refractivity (Wildman–Crippen MR) is 64.2 cm³/mol. The van der Waals surface area contributed by atoms with E-state index in [-0.39, 0.29) is 0 Å². The highest BCUT2D eigenvalue weighted by Crippen LogP contribution is 2.17. The average molecular weight is 191 g/mol. The molecule has 1 nitrogen and oxygen atoms in total. The predicted octanol–water partition coefficient (Wildman–Crippen LogP) is 1.94. The molecule has 70 valence electrons. The topological polar surface area (TPSA) is 12.9 Å². The highest BCUT2D eigenvalue weighted by molar-refractivity contribution is 6.30. The van der Waals surface area contributed by atoms with E-state index in [1.54, 1.807) is 6.07 Å². The number of hydrogen-bond donors (Lipinski definition) is 0. The summed E-state index contributed by atoms with van der Waals surface area (Å²) in [5.41, 5.74) is 3.30. The smallest absolute Gasteiger partial charge is 0.141 e. The lowest BCUT2D eigenvalue weighted by Gasteiger charge is -2.05. The highest BCUT2D eigenvalue weighted by Gasteiger charge is 2.02. The molecule has 2 rings (SSSR count). The summed E-state index contributed by atoms with van der Waals surface area (Å²) in [6.07, 6.45) is 0. The van der Waals surface area contributed by atoms with Gasteiger partial charge in [-0.1, -0.05) is 49.0 Å². The van der Waals surface area contributed by atoms with Crippen molar-refractivity contribution in [3.8, 4) is 0 Å². The van der Waals surface area contributed by atoms with E-state index in [4.69, 9.17) is 7.85 Å². The van der Waals surface area contributed by atoms with Crippen molar-refractivity contribution in [1.29, 1.82) is 0 Å². The minimum Gasteiger partial charge on any atom is -0.264 e. The lowest BCUT2D eigenvalue weighted by molar-refractivity contribution is 1.32. The first-order chi connectivity index (χ1) is 7.27. The number of hydrogen-bond acceptors (Lipinski definition) is 1. The Morgan fingerprint density at radius 3 is 2.40 bits per heavy atom. The summed E-state index contributed by atoms with van der Waals surface area (Å²) in [7, 11) is 5.62. The summed E-state index contributed by atoms with van der Waals surface area (Å²) in [6, 6.07) is 15.5. The van der Waals surface area contributed by atoms with Gasteiger partial charge < -0.3 is 0 Å². The summed E-state index contributed by atoms with van der Waals surface area (Å²) in [5, 5.41) is 0. The van der Waals surface area contributed by atoms with Crippen LogP contribution in [0.5, 0.6) is 0 Å². The van der Waals surface area contributed by atoms with E-state index in [0.717, 1.165) is 16.8 Å². The maximum Gasteiger partial charge on any atom is 0.141 e. The van der Waals surface area contributed by atoms with Crippen LogP contribution in [0.1, 0.15) is 11.3 Å². The quantitative estimate of drug-likeness (QED) is 0.661. The number of nitrogens with zero attached hydrogens (tertiary/aromatic N) is 1. The van der Waals surface area contributed by atoms with Crippen LogP contribution in [0.2, 0.25) is 0 Å². The Labute approximate surface area is 90.9 Å². The summed E-state index contributed by atoms with van der Waals surface area (Å²) < 4.78 is 0. The number of aromatic nitrogens is 1. The third-order valence-electron chi connectivity index (χ3n) is 2.20. The Balaban J connectivity index is 2.37. The molecule has 0 atom stereocenters. The van der Waals surface area contributed by atoms with Gasteiger partial charge in [0.25, 0.3) is 0 Å². The molecule has 0 fully saturated rings. The van der Waals surface area contributed by atoms with Gasteiger partial charge in [0, 0.05) is 5.57 Å². The Hall–Kier alpha value is -1.83. The zero-order valence-corrected chi connectivity index (χ0v) is 8.35. The summed E-state index contributed by atoms with van der Waals surface area (Å²) >= 11 is 0. The molecule has 1 aromatic heterocycles. The van der Waals surface area contributed by atoms with E-state index < -0.39 is 0 Å². The van der Waals surface area contributed by atoms with E-state index in [1.165, 1.54) is 0 Å². The van der Waals surface area contributed by atoms with Crippen LogP contribution in [0.3, 0.4) is 0 Å². The first-order valence-corrected chi connectivity index (χ1v) is 4.74. The van der Waals surface area contributed by atoms with Gasteiger partial charge in [-0.2, -0.15) is 0 Å². The Morgan fingerprint density at radius 1 is 1.00 bits per heavy atom. The van der Waals surface area contributed by atoms with Gasteiger partial charge in [-0.3, -0.25) is 4.98 Å². The normalized spacial score (nSPS) is 9.87. The van der Waals surface area contributed by atoms with Gasteiger partial charge in [-0.25, -0.2) is 0 Å². The second-order valence-electron chi connectivity index (χ2n) is 3.29. The molecule has 2 aromatic rings. The molecule has 0 saturated carbocycles. The SMILES string of the molecule is [B]c1cccc(C(=C)c2ccccc2)n1. The molecule has 0 aliphatic carbocycles. The third kappa shape index (κ3) is 2.16. The van der Waals surface area contributed by atoms with Gasteiger partial charge in [0.15, 0.2) is 0 Å². The molecule has 1 heterocycles. The summed E-state index contributed by atoms with van der Waals surface area (Å²) in [5.74, 6) is 0. The van der Waals surface area contributed by atoms with E-state index in [1.807, 2.05) is 42.5 Å². The van der Waals surface area contributed by atoms with Gasteiger partial charge >= 0.3 is 0 Å². The van der Waals surface area contributed by atoms with Crippen molar-refractivity contribution in [2.45, 2.75) is 0 Å². The number of pyridine rings is 1. The van der Waals surface area contributed by atoms with E-state index in [9.17, 15) is 0 Å². The maximum absolute atomic E-state index is 5.62. The molecule has 0 bridgehead atoms. The zero-order chi connectivity index (χ0) is 10.7. The number of benzene rings is 1. The summed E-state index contributed by atoms with van der Waals surface area (Å²) in [4.78, 5) is 4.23. The molecule has 1 aromatic carbocycles. The molecule has 0 aliphatic heterocycles. The van der Waals surface area contributed by atoms with Gasteiger partial charge in [-0.05, 0) is 17.2 Å². The van der Waals surface area contributed by atoms with Crippen LogP contribution in [-0.2, 0) is 0 Å². The molecule has 0 N–H and O–H groups in total. The van der Waals surface area contributed by atoms with Crippen molar-refractivity contribution in [1.82, 2.24) is 4.98 Å². The molecule has 0 amide bonds. The molecule has 0 unspecified atom stereocenters. The molecular weight excluding hydrogens is 181 g/mol. The molecule has 2 heteroatoms. The lowest BCUT2D eigenvalue weighted by atomic mass is 10.00. The van der Waals surface area contributed by atoms with E-state index in [0.29, 0.717) is 5.59 Å². The molecule has 2 radical (unpaired) electrons. The van der Waals surface area contributed by atoms with Crippen LogP contribution in [0, 0.1) is 0 Å². The molecule has 0 aliphatic rings. The first-order valence-electron chi connectivity index (χ1n) is 4.74. The van der Waals surface area contributed by atoms with Crippen LogP contribution >= 0.6 is 0 Å². The Morgan fingerprint density at radius 2 is 1.73 bits per heavy atom. The standard InChI is InChI=1S/C13H10BN/c1-10(11-6-3-2-4-7-11)12-8-5-9-13(14)15-12/h2-9H,1H2. The molecule has 0 saturated heterocycles. The van der Waals surface area contributed by atoms with Crippen LogP contribution in [-0.4, -0.2) is 12.8 Å². The van der Waals surface area contributed by atoms with Gasteiger partial charge in [0.05, 0.1) is 5.69 Å². The fraction of sp³-hybridized carbons (Fsp3) is 0. The van der Waals surface area contributed by atoms with E-state index >= 15 is 0 Å². The first kappa shape index (κ1) is 9.72. The average Bonchev–Trinajstić information content (AvgIpc) is 2.29. The van der Waals surface area contributed by atoms with Crippen LogP contribution in [0.4, 0.5) is 0 Å². The van der Waals surface area contributed by atoms with Gasteiger partial charge in [0.1, 0.15) is 7.85 Å². The fourth-order valence-electron chi connectivity index (χ4n) is 1.41. The van der Waals surface area contributed by atoms with Crippen LogP contribution < -0.4 is 5.59 Å². The van der Waals surface area contributed by atoms with Gasteiger partial charge in [0.2, 0.25) is 0 Å². The second-order valence-corrected chi connectivity index (χ2v) is 3.29. The van der Waals surface area contributed by atoms with Crippen molar-refractivity contribution in [3.63, 3.8) is 0 Å². The summed E-state index contributed by atoms with van der Waals surface area (Å²) in [6.45, 7) is 4.02. The van der Waals surface area contributed by atoms with Crippen molar-refractivity contribution < 1.29 is 0 Å². The van der Waals surface area contributed by atoms with E-state index in [2.05, 4.69) is 11.6 Å². The third-order valence-corrected chi connectivity index (χ3v) is 2.20. The minimum absolute atomic E-state index is 0.518. The van der Waals surface area contributed by atoms with Crippen molar-refractivity contribution in [2.24, 2.45) is 0 Å². The van der Waals surface area contributed by atoms with Crippen LogP contribution in [0.15, 0.2) is 55.1 Å². The lowest BCUT2D eigenvalue weighted by Crippen LogP contribution is -2.09. The van der Waals surface area contributed by atoms with Crippen LogP contribution in [0.25, 0.3) is 5.57 Å². The van der Waals surface area contributed by atoms with Crippen molar-refractivity contribution in [2.75, 3.05) is 0 Å². The largest absolute Gasteiger partial charge is 0.264 e. The fourth-order valence-corrected chi connectivity index (χ4v) is 1.41. The van der Waals surface area contributed by atoms with Gasteiger partial charge in [-0.15, -0.1) is 0 Å². The molecule has 0 spiro atoms. The Kier molecular flexibility index (Phi) is 2.68. The maximum atomic E-state index is 5.62. The monoisotopic (exact) mass is 191 g/mol. The zero-order valence-electron chi connectivity index (χ0n) is 8.35. The van der Waals surface area contributed by atoms with Crippen molar-refractivity contribution >= 4 is 19.0 Å². The number of rotatable bonds is 2.